The monoisotopic (exact) mass is 307 g/mol. The number of methoxy groups -OCH3 is 1. The second kappa shape index (κ2) is 8.29. The molecule has 1 fully saturated rings. The van der Waals surface area contributed by atoms with Crippen molar-refractivity contribution in [3.05, 3.63) is 0 Å². The van der Waals surface area contributed by atoms with Gasteiger partial charge in [0.05, 0.1) is 6.61 Å². The van der Waals surface area contributed by atoms with E-state index in [9.17, 15) is 8.42 Å². The molecule has 20 heavy (non-hydrogen) atoms. The van der Waals surface area contributed by atoms with Crippen LogP contribution in [0.1, 0.15) is 33.1 Å². The van der Waals surface area contributed by atoms with Crippen LogP contribution in [0.2, 0.25) is 0 Å². The normalized spacial score (nSPS) is 17.9. The fourth-order valence-corrected chi connectivity index (χ4v) is 3.78. The van der Waals surface area contributed by atoms with E-state index in [2.05, 4.69) is 5.32 Å². The van der Waals surface area contributed by atoms with Crippen LogP contribution in [0.15, 0.2) is 0 Å². The lowest BCUT2D eigenvalue weighted by Crippen LogP contribution is -2.48. The summed E-state index contributed by atoms with van der Waals surface area (Å²) in [6.07, 6.45) is 3.35. The third-order valence-corrected chi connectivity index (χ3v) is 5.74. The number of nitrogens with zero attached hydrogens (tertiary/aromatic N) is 2. The van der Waals surface area contributed by atoms with Crippen LogP contribution in [-0.4, -0.2) is 69.5 Å². The Hall–Kier alpha value is -0.210. The average molecular weight is 307 g/mol. The topological polar surface area (TPSA) is 61.9 Å². The maximum Gasteiger partial charge on any atom is 0.282 e. The van der Waals surface area contributed by atoms with Crippen molar-refractivity contribution in [2.75, 3.05) is 40.4 Å². The van der Waals surface area contributed by atoms with E-state index in [1.165, 1.54) is 21.5 Å². The van der Waals surface area contributed by atoms with E-state index >= 15 is 0 Å². The van der Waals surface area contributed by atoms with Crippen LogP contribution in [0.25, 0.3) is 0 Å². The second-order valence-electron chi connectivity index (χ2n) is 5.42. The van der Waals surface area contributed by atoms with Crippen molar-refractivity contribution in [1.29, 1.82) is 0 Å². The lowest BCUT2D eigenvalue weighted by Gasteiger charge is -2.30. The van der Waals surface area contributed by atoms with Gasteiger partial charge in [0.2, 0.25) is 0 Å². The smallest absolute Gasteiger partial charge is 0.282 e. The molecule has 1 saturated carbocycles. The molecule has 7 heteroatoms. The molecule has 0 aromatic rings. The van der Waals surface area contributed by atoms with Crippen LogP contribution >= 0.6 is 0 Å². The fourth-order valence-electron chi connectivity index (χ4n) is 2.22. The minimum absolute atomic E-state index is 0.151. The Balaban J connectivity index is 2.45. The number of ether oxygens (including phenoxy) is 1. The summed E-state index contributed by atoms with van der Waals surface area (Å²) in [5.41, 5.74) is 0. The quantitative estimate of drug-likeness (QED) is 0.570. The van der Waals surface area contributed by atoms with Gasteiger partial charge in [0, 0.05) is 39.3 Å². The number of nitrogens with one attached hydrogen (secondary N) is 1. The van der Waals surface area contributed by atoms with Gasteiger partial charge in [-0.25, -0.2) is 0 Å². The molecule has 0 radical (unpaired) electrons. The van der Waals surface area contributed by atoms with E-state index in [-0.39, 0.29) is 6.04 Å². The highest BCUT2D eigenvalue weighted by atomic mass is 32.2. The Kier molecular flexibility index (Phi) is 7.39. The third-order valence-electron chi connectivity index (χ3n) is 3.56. The summed E-state index contributed by atoms with van der Waals surface area (Å²) >= 11 is 0. The highest BCUT2D eigenvalue weighted by molar-refractivity contribution is 7.86. The van der Waals surface area contributed by atoms with Crippen molar-refractivity contribution in [1.82, 2.24) is 13.9 Å². The summed E-state index contributed by atoms with van der Waals surface area (Å²) < 4.78 is 33.0. The molecule has 1 aliphatic rings. The van der Waals surface area contributed by atoms with Crippen molar-refractivity contribution in [2.45, 2.75) is 45.2 Å². The van der Waals surface area contributed by atoms with Gasteiger partial charge in [-0.1, -0.05) is 6.92 Å². The fraction of sp³-hybridized carbons (Fsp3) is 1.00. The Morgan fingerprint density at radius 3 is 2.55 bits per heavy atom. The van der Waals surface area contributed by atoms with Crippen molar-refractivity contribution >= 4 is 10.2 Å². The Labute approximate surface area is 123 Å². The molecule has 120 valence electrons. The van der Waals surface area contributed by atoms with Gasteiger partial charge in [-0.15, -0.1) is 0 Å². The predicted octanol–water partition coefficient (Wildman–Crippen LogP) is 0.662. The van der Waals surface area contributed by atoms with Gasteiger partial charge in [0.25, 0.3) is 10.2 Å². The zero-order valence-electron chi connectivity index (χ0n) is 13.1. The minimum atomic E-state index is -3.40. The Morgan fingerprint density at radius 2 is 2.05 bits per heavy atom. The number of hydrogen-bond acceptors (Lipinski definition) is 4. The first-order valence-electron chi connectivity index (χ1n) is 7.38. The van der Waals surface area contributed by atoms with Crippen LogP contribution in [0.4, 0.5) is 0 Å². The van der Waals surface area contributed by atoms with Crippen LogP contribution < -0.4 is 5.32 Å². The lowest BCUT2D eigenvalue weighted by molar-refractivity contribution is 0.139. The van der Waals surface area contributed by atoms with Gasteiger partial charge in [0.15, 0.2) is 0 Å². The first kappa shape index (κ1) is 17.8. The first-order valence-corrected chi connectivity index (χ1v) is 8.78. The molecule has 0 aromatic heterocycles. The molecule has 0 heterocycles. The predicted molar refractivity (Wildman–Crippen MR) is 80.9 cm³/mol. The molecule has 1 rings (SSSR count). The lowest BCUT2D eigenvalue weighted by atomic mass is 10.4. The van der Waals surface area contributed by atoms with Gasteiger partial charge in [-0.05, 0) is 32.7 Å². The zero-order chi connectivity index (χ0) is 15.2. The largest absolute Gasteiger partial charge is 0.383 e. The molecule has 0 bridgehead atoms. The van der Waals surface area contributed by atoms with Crippen molar-refractivity contribution in [3.8, 4) is 0 Å². The van der Waals surface area contributed by atoms with Gasteiger partial charge >= 0.3 is 0 Å². The minimum Gasteiger partial charge on any atom is -0.383 e. The third kappa shape index (κ3) is 5.29. The molecule has 1 unspecified atom stereocenters. The summed E-state index contributed by atoms with van der Waals surface area (Å²) in [5.74, 6) is 0. The Bertz CT molecular complexity index is 371. The van der Waals surface area contributed by atoms with E-state index in [0.717, 1.165) is 13.0 Å². The number of likely N-dealkylation sites (N-methyl/N-ethyl adjacent to an activating group) is 1. The molecule has 1 aliphatic carbocycles. The standard InChI is InChI=1S/C13H29N3O3S/c1-5-16(12(2)11-19-4)20(17,18)15(3)10-6-9-14-13-7-8-13/h12-14H,5-11H2,1-4H3. The summed E-state index contributed by atoms with van der Waals surface area (Å²) in [5, 5.41) is 3.39. The highest BCUT2D eigenvalue weighted by Gasteiger charge is 2.29. The molecule has 0 spiro atoms. The molecule has 0 saturated heterocycles. The first-order chi connectivity index (χ1) is 9.43. The molecular formula is C13H29N3O3S. The maximum absolute atomic E-state index is 12.5. The van der Waals surface area contributed by atoms with Crippen LogP contribution in [0.3, 0.4) is 0 Å². The highest BCUT2D eigenvalue weighted by Crippen LogP contribution is 2.18. The van der Waals surface area contributed by atoms with E-state index < -0.39 is 10.2 Å². The van der Waals surface area contributed by atoms with E-state index in [4.69, 9.17) is 4.74 Å². The summed E-state index contributed by atoms with van der Waals surface area (Å²) in [6.45, 7) is 6.00. The number of hydrogen-bond donors (Lipinski definition) is 1. The van der Waals surface area contributed by atoms with E-state index in [1.54, 1.807) is 14.2 Å². The van der Waals surface area contributed by atoms with Gasteiger partial charge in [0.1, 0.15) is 0 Å². The molecule has 0 amide bonds. The van der Waals surface area contributed by atoms with Crippen LogP contribution in [0.5, 0.6) is 0 Å². The maximum atomic E-state index is 12.5. The molecule has 0 aliphatic heterocycles. The summed E-state index contributed by atoms with van der Waals surface area (Å²) in [6, 6.07) is 0.521. The van der Waals surface area contributed by atoms with Crippen molar-refractivity contribution < 1.29 is 13.2 Å². The molecule has 1 N–H and O–H groups in total. The van der Waals surface area contributed by atoms with Crippen LogP contribution in [0, 0.1) is 0 Å². The van der Waals surface area contributed by atoms with Crippen LogP contribution in [-0.2, 0) is 14.9 Å². The SMILES string of the molecule is CCN(C(C)COC)S(=O)(=O)N(C)CCCNC1CC1. The summed E-state index contributed by atoms with van der Waals surface area (Å²) in [7, 11) is -0.164. The molecule has 1 atom stereocenters. The van der Waals surface area contributed by atoms with E-state index in [0.29, 0.717) is 25.7 Å². The molecular weight excluding hydrogens is 278 g/mol. The zero-order valence-corrected chi connectivity index (χ0v) is 13.9. The summed E-state index contributed by atoms with van der Waals surface area (Å²) in [4.78, 5) is 0. The average Bonchev–Trinajstić information content (AvgIpc) is 3.19. The van der Waals surface area contributed by atoms with Gasteiger partial charge < -0.3 is 10.1 Å². The number of rotatable bonds is 11. The molecule has 6 nitrogen and oxygen atoms in total. The Morgan fingerprint density at radius 1 is 1.40 bits per heavy atom. The van der Waals surface area contributed by atoms with Gasteiger partial charge in [-0.3, -0.25) is 0 Å². The van der Waals surface area contributed by atoms with Crippen molar-refractivity contribution in [2.24, 2.45) is 0 Å². The molecule has 0 aromatic carbocycles. The second-order valence-corrected chi connectivity index (χ2v) is 7.41. The van der Waals surface area contributed by atoms with Gasteiger partial charge in [-0.2, -0.15) is 17.0 Å². The van der Waals surface area contributed by atoms with E-state index in [1.807, 2.05) is 13.8 Å². The van der Waals surface area contributed by atoms with Crippen molar-refractivity contribution in [3.63, 3.8) is 0 Å².